The average molecular weight is 465 g/mol. The molecule has 2 saturated heterocycles. The number of nitrogens with one attached hydrogen (secondary N) is 1. The van der Waals surface area contributed by atoms with E-state index in [0.29, 0.717) is 17.6 Å². The molecule has 0 radical (unpaired) electrons. The molecule has 8 nitrogen and oxygen atoms in total. The summed E-state index contributed by atoms with van der Waals surface area (Å²) in [4.78, 5) is 28.0. The van der Waals surface area contributed by atoms with Gasteiger partial charge >= 0.3 is 0 Å². The molecule has 0 spiro atoms. The fourth-order valence-electron chi connectivity index (χ4n) is 5.74. The molecule has 2 atom stereocenters. The van der Waals surface area contributed by atoms with Crippen LogP contribution in [0.15, 0.2) is 48.5 Å². The summed E-state index contributed by atoms with van der Waals surface area (Å²) in [6, 6.07) is 16.6. The Morgan fingerprint density at radius 1 is 1.09 bits per heavy atom. The molecule has 3 aliphatic rings. The molecule has 1 aliphatic carbocycles. The van der Waals surface area contributed by atoms with Crippen LogP contribution in [0.25, 0.3) is 0 Å². The lowest BCUT2D eigenvalue weighted by molar-refractivity contribution is -0.385. The van der Waals surface area contributed by atoms with E-state index in [1.807, 2.05) is 17.0 Å². The molecule has 1 saturated carbocycles. The molecule has 5 rings (SSSR count). The monoisotopic (exact) mass is 464 g/mol. The van der Waals surface area contributed by atoms with Gasteiger partial charge in [-0.3, -0.25) is 14.9 Å². The van der Waals surface area contributed by atoms with Crippen molar-refractivity contribution >= 4 is 23.0 Å². The van der Waals surface area contributed by atoms with Crippen molar-refractivity contribution in [3.63, 3.8) is 0 Å². The van der Waals surface area contributed by atoms with Gasteiger partial charge in [0.1, 0.15) is 6.61 Å². The minimum Gasteiger partial charge on any atom is -0.382 e. The first-order chi connectivity index (χ1) is 16.5. The Bertz CT molecular complexity index is 1040. The van der Waals surface area contributed by atoms with Crippen molar-refractivity contribution in [3.05, 3.63) is 64.2 Å². The van der Waals surface area contributed by atoms with E-state index >= 15 is 0 Å². The van der Waals surface area contributed by atoms with Gasteiger partial charge in [0.15, 0.2) is 0 Å². The summed E-state index contributed by atoms with van der Waals surface area (Å²) in [5.41, 5.74) is 2.96. The number of benzene rings is 2. The van der Waals surface area contributed by atoms with E-state index < -0.39 is 0 Å². The second-order valence-corrected chi connectivity index (χ2v) is 9.76. The SMILES string of the molecule is Cc1cc(NC2CCC(OCC(=O)N3CC4CC3CN4c3ccccc3)CC2)ccc1[N+](=O)[O-]. The number of fused-ring (bicyclic) bond motifs is 2. The number of rotatable bonds is 7. The minimum absolute atomic E-state index is 0.112. The van der Waals surface area contributed by atoms with Gasteiger partial charge in [0.05, 0.1) is 17.1 Å². The number of nitro groups is 1. The van der Waals surface area contributed by atoms with Crippen molar-refractivity contribution in [2.75, 3.05) is 29.9 Å². The molecule has 2 unspecified atom stereocenters. The van der Waals surface area contributed by atoms with Gasteiger partial charge in [0, 0.05) is 48.2 Å². The Balaban J connectivity index is 1.05. The molecule has 2 aromatic carbocycles. The fourth-order valence-corrected chi connectivity index (χ4v) is 5.74. The summed E-state index contributed by atoms with van der Waals surface area (Å²) >= 11 is 0. The van der Waals surface area contributed by atoms with Crippen LogP contribution in [0.2, 0.25) is 0 Å². The number of ether oxygens (including phenoxy) is 1. The second-order valence-electron chi connectivity index (χ2n) is 9.76. The van der Waals surface area contributed by atoms with Crippen LogP contribution in [0.5, 0.6) is 0 Å². The molecule has 180 valence electrons. The standard InChI is InChI=1S/C26H32N4O4/c1-18-13-20(9-12-25(18)30(32)33)27-19-7-10-24(11-8-19)34-17-26(31)29-16-22-14-23(29)15-28(22)21-5-3-2-4-6-21/h2-6,9,12-13,19,22-24,27H,7-8,10-11,14-17H2,1H3. The minimum atomic E-state index is -0.352. The van der Waals surface area contributed by atoms with E-state index in [0.717, 1.165) is 50.9 Å². The highest BCUT2D eigenvalue weighted by atomic mass is 16.6. The van der Waals surface area contributed by atoms with E-state index in [1.165, 1.54) is 5.69 Å². The summed E-state index contributed by atoms with van der Waals surface area (Å²) in [6.07, 6.45) is 4.88. The molecule has 2 aromatic rings. The van der Waals surface area contributed by atoms with Crippen LogP contribution in [-0.2, 0) is 9.53 Å². The maximum absolute atomic E-state index is 12.9. The Hall–Kier alpha value is -3.13. The molecule has 3 fully saturated rings. The maximum Gasteiger partial charge on any atom is 0.272 e. The molecule has 2 aliphatic heterocycles. The largest absolute Gasteiger partial charge is 0.382 e. The molecular formula is C26H32N4O4. The van der Waals surface area contributed by atoms with Gasteiger partial charge in [-0.15, -0.1) is 0 Å². The van der Waals surface area contributed by atoms with E-state index in [-0.39, 0.29) is 35.3 Å². The molecule has 1 N–H and O–H groups in total. The Morgan fingerprint density at radius 3 is 2.50 bits per heavy atom. The number of nitrogens with zero attached hydrogens (tertiary/aromatic N) is 3. The highest BCUT2D eigenvalue weighted by molar-refractivity contribution is 5.79. The Morgan fingerprint density at radius 2 is 1.85 bits per heavy atom. The lowest BCUT2D eigenvalue weighted by Crippen LogP contribution is -2.50. The van der Waals surface area contributed by atoms with Crippen LogP contribution in [0.1, 0.15) is 37.7 Å². The molecule has 8 heteroatoms. The molecule has 0 aromatic heterocycles. The number of aryl methyl sites for hydroxylation is 1. The third-order valence-electron chi connectivity index (χ3n) is 7.53. The van der Waals surface area contributed by atoms with E-state index in [9.17, 15) is 14.9 Å². The number of likely N-dealkylation sites (tertiary alicyclic amines) is 1. The molecule has 2 heterocycles. The van der Waals surface area contributed by atoms with Crippen LogP contribution in [0.3, 0.4) is 0 Å². The number of carbonyl (C=O) groups is 1. The summed E-state index contributed by atoms with van der Waals surface area (Å²) in [5.74, 6) is 0.113. The van der Waals surface area contributed by atoms with Crippen molar-refractivity contribution in [2.45, 2.75) is 63.3 Å². The van der Waals surface area contributed by atoms with Crippen LogP contribution in [0, 0.1) is 17.0 Å². The van der Waals surface area contributed by atoms with Crippen LogP contribution < -0.4 is 10.2 Å². The highest BCUT2D eigenvalue weighted by Crippen LogP contribution is 2.34. The van der Waals surface area contributed by atoms with Crippen molar-refractivity contribution < 1.29 is 14.5 Å². The number of amides is 1. The van der Waals surface area contributed by atoms with Gasteiger partial charge in [-0.1, -0.05) is 18.2 Å². The van der Waals surface area contributed by atoms with Gasteiger partial charge in [0.25, 0.3) is 5.69 Å². The third-order valence-corrected chi connectivity index (χ3v) is 7.53. The number of anilines is 2. The molecule has 2 bridgehead atoms. The Kier molecular flexibility index (Phi) is 6.41. The number of hydrogen-bond acceptors (Lipinski definition) is 6. The smallest absolute Gasteiger partial charge is 0.272 e. The third kappa shape index (κ3) is 4.73. The number of para-hydroxylation sites is 1. The van der Waals surface area contributed by atoms with Gasteiger partial charge in [-0.25, -0.2) is 0 Å². The first-order valence-electron chi connectivity index (χ1n) is 12.2. The van der Waals surface area contributed by atoms with Crippen LogP contribution >= 0.6 is 0 Å². The van der Waals surface area contributed by atoms with Gasteiger partial charge in [0.2, 0.25) is 5.91 Å². The lowest BCUT2D eigenvalue weighted by atomic mass is 9.92. The second kappa shape index (κ2) is 9.62. The van der Waals surface area contributed by atoms with Crippen molar-refractivity contribution in [1.29, 1.82) is 0 Å². The predicted molar refractivity (Wildman–Crippen MR) is 131 cm³/mol. The van der Waals surface area contributed by atoms with E-state index in [1.54, 1.807) is 19.1 Å². The maximum atomic E-state index is 12.9. The number of piperazine rings is 1. The highest BCUT2D eigenvalue weighted by Gasteiger charge is 2.45. The quantitative estimate of drug-likeness (QED) is 0.490. The van der Waals surface area contributed by atoms with E-state index in [2.05, 4.69) is 34.5 Å². The average Bonchev–Trinajstić information content (AvgIpc) is 3.45. The topological polar surface area (TPSA) is 88.0 Å². The van der Waals surface area contributed by atoms with Gasteiger partial charge in [-0.2, -0.15) is 0 Å². The molecule has 34 heavy (non-hydrogen) atoms. The first-order valence-corrected chi connectivity index (χ1v) is 12.2. The Labute approximate surface area is 200 Å². The molecular weight excluding hydrogens is 432 g/mol. The number of hydrogen-bond donors (Lipinski definition) is 1. The fraction of sp³-hybridized carbons (Fsp3) is 0.500. The predicted octanol–water partition coefficient (Wildman–Crippen LogP) is 4.13. The summed E-state index contributed by atoms with van der Waals surface area (Å²) in [5, 5.41) is 14.5. The first kappa shape index (κ1) is 22.7. The zero-order valence-corrected chi connectivity index (χ0v) is 19.6. The number of nitro benzene ring substituents is 1. The van der Waals surface area contributed by atoms with Crippen molar-refractivity contribution in [1.82, 2.24) is 4.90 Å². The molecule has 1 amide bonds. The van der Waals surface area contributed by atoms with Crippen molar-refractivity contribution in [2.24, 2.45) is 0 Å². The van der Waals surface area contributed by atoms with E-state index in [4.69, 9.17) is 4.74 Å². The van der Waals surface area contributed by atoms with Crippen LogP contribution in [0.4, 0.5) is 17.1 Å². The summed E-state index contributed by atoms with van der Waals surface area (Å²) in [6.45, 7) is 3.61. The zero-order chi connectivity index (χ0) is 23.7. The summed E-state index contributed by atoms with van der Waals surface area (Å²) in [7, 11) is 0. The van der Waals surface area contributed by atoms with Gasteiger partial charge in [-0.05, 0) is 63.3 Å². The van der Waals surface area contributed by atoms with Crippen molar-refractivity contribution in [3.8, 4) is 0 Å². The van der Waals surface area contributed by atoms with Crippen LogP contribution in [-0.4, -0.2) is 59.7 Å². The summed E-state index contributed by atoms with van der Waals surface area (Å²) < 4.78 is 6.03. The lowest BCUT2D eigenvalue weighted by Gasteiger charge is -2.36. The van der Waals surface area contributed by atoms with Gasteiger partial charge < -0.3 is 19.9 Å². The normalized spacial score (nSPS) is 26.0. The number of carbonyl (C=O) groups excluding carboxylic acids is 1. The zero-order valence-electron chi connectivity index (χ0n) is 19.6.